The average Bonchev–Trinajstić information content (AvgIpc) is 2.42. The SMILES string of the molecule is CC(=O)c1sc(S)c(C(C)=O)c1C(C)=O. The van der Waals surface area contributed by atoms with Crippen LogP contribution in [0.3, 0.4) is 0 Å². The van der Waals surface area contributed by atoms with Crippen LogP contribution in [0.1, 0.15) is 51.2 Å². The Hall–Kier alpha value is -0.940. The second-order valence-corrected chi connectivity index (χ2v) is 4.93. The maximum atomic E-state index is 11.4. The summed E-state index contributed by atoms with van der Waals surface area (Å²) in [6.45, 7) is 4.07. The van der Waals surface area contributed by atoms with Crippen LogP contribution in [-0.2, 0) is 0 Å². The summed E-state index contributed by atoms with van der Waals surface area (Å²) < 4.78 is 0.429. The van der Waals surface area contributed by atoms with Crippen LogP contribution in [-0.4, -0.2) is 17.3 Å². The van der Waals surface area contributed by atoms with Gasteiger partial charge in [0.15, 0.2) is 17.3 Å². The molecule has 0 fully saturated rings. The van der Waals surface area contributed by atoms with Gasteiger partial charge < -0.3 is 0 Å². The van der Waals surface area contributed by atoms with Crippen LogP contribution in [0.25, 0.3) is 0 Å². The van der Waals surface area contributed by atoms with Crippen molar-refractivity contribution in [2.75, 3.05) is 0 Å². The van der Waals surface area contributed by atoms with Crippen molar-refractivity contribution in [1.82, 2.24) is 0 Å². The van der Waals surface area contributed by atoms with Crippen molar-refractivity contribution in [2.45, 2.75) is 25.0 Å². The third-order valence-corrected chi connectivity index (χ3v) is 3.50. The molecule has 1 rings (SSSR count). The van der Waals surface area contributed by atoms with Crippen molar-refractivity contribution in [1.29, 1.82) is 0 Å². The lowest BCUT2D eigenvalue weighted by Crippen LogP contribution is -2.05. The molecule has 0 unspecified atom stereocenters. The van der Waals surface area contributed by atoms with E-state index in [2.05, 4.69) is 12.6 Å². The van der Waals surface area contributed by atoms with Gasteiger partial charge in [0.25, 0.3) is 0 Å². The fourth-order valence-electron chi connectivity index (χ4n) is 1.33. The summed E-state index contributed by atoms with van der Waals surface area (Å²) in [6, 6.07) is 0. The zero-order valence-electron chi connectivity index (χ0n) is 8.58. The van der Waals surface area contributed by atoms with E-state index < -0.39 is 0 Å². The van der Waals surface area contributed by atoms with E-state index in [-0.39, 0.29) is 28.5 Å². The van der Waals surface area contributed by atoms with Gasteiger partial charge in [-0.05, 0) is 20.8 Å². The molecule has 0 aliphatic carbocycles. The van der Waals surface area contributed by atoms with E-state index in [4.69, 9.17) is 0 Å². The number of hydrogen-bond donors (Lipinski definition) is 1. The van der Waals surface area contributed by atoms with Gasteiger partial charge in [0, 0.05) is 0 Å². The van der Waals surface area contributed by atoms with Gasteiger partial charge in [-0.1, -0.05) is 0 Å². The Balaban J connectivity index is 3.59. The summed E-state index contributed by atoms with van der Waals surface area (Å²) in [5, 5.41) is 0. The molecule has 0 atom stereocenters. The lowest BCUT2D eigenvalue weighted by atomic mass is 10.0. The van der Waals surface area contributed by atoms with Crippen LogP contribution in [0.4, 0.5) is 0 Å². The molecule has 3 nitrogen and oxygen atoms in total. The first kappa shape index (κ1) is 12.1. The molecule has 15 heavy (non-hydrogen) atoms. The average molecular weight is 242 g/mol. The first-order valence-electron chi connectivity index (χ1n) is 4.24. The number of rotatable bonds is 3. The van der Waals surface area contributed by atoms with E-state index in [1.54, 1.807) is 0 Å². The van der Waals surface area contributed by atoms with E-state index in [1.807, 2.05) is 0 Å². The number of carbonyl (C=O) groups is 3. The Morgan fingerprint density at radius 2 is 1.40 bits per heavy atom. The molecule has 1 heterocycles. The first-order valence-corrected chi connectivity index (χ1v) is 5.51. The van der Waals surface area contributed by atoms with Crippen LogP contribution >= 0.6 is 24.0 Å². The largest absolute Gasteiger partial charge is 0.294 e. The Bertz CT molecular complexity index is 457. The van der Waals surface area contributed by atoms with Gasteiger partial charge in [-0.25, -0.2) is 0 Å². The highest BCUT2D eigenvalue weighted by atomic mass is 32.2. The minimum absolute atomic E-state index is 0.213. The van der Waals surface area contributed by atoms with Gasteiger partial charge in [0.1, 0.15) is 0 Å². The minimum Gasteiger partial charge on any atom is -0.294 e. The summed E-state index contributed by atoms with van der Waals surface area (Å²) in [6.07, 6.45) is 0. The van der Waals surface area contributed by atoms with Crippen LogP contribution < -0.4 is 0 Å². The number of Topliss-reactive ketones (excluding diaryl/α,β-unsaturated/α-hetero) is 3. The highest BCUT2D eigenvalue weighted by Crippen LogP contribution is 2.32. The Kier molecular flexibility index (Phi) is 3.46. The van der Waals surface area contributed by atoms with Crippen molar-refractivity contribution in [2.24, 2.45) is 0 Å². The van der Waals surface area contributed by atoms with Crippen LogP contribution in [0.15, 0.2) is 4.21 Å². The smallest absolute Gasteiger partial charge is 0.170 e. The molecule has 5 heteroatoms. The predicted molar refractivity (Wildman–Crippen MR) is 61.6 cm³/mol. The molecule has 0 N–H and O–H groups in total. The molecule has 0 spiro atoms. The molecular formula is C10H10O3S2. The quantitative estimate of drug-likeness (QED) is 0.655. The molecule has 0 aromatic carbocycles. The van der Waals surface area contributed by atoms with Crippen molar-refractivity contribution >= 4 is 41.3 Å². The lowest BCUT2D eigenvalue weighted by Gasteiger charge is -1.98. The summed E-state index contributed by atoms with van der Waals surface area (Å²) >= 11 is 5.19. The number of thiol groups is 1. The second kappa shape index (κ2) is 4.28. The molecule has 0 saturated heterocycles. The summed E-state index contributed by atoms with van der Waals surface area (Å²) in [5.41, 5.74) is 0.478. The molecule has 1 aromatic rings. The molecule has 0 bridgehead atoms. The summed E-state index contributed by atoms with van der Waals surface area (Å²) in [7, 11) is 0. The summed E-state index contributed by atoms with van der Waals surface area (Å²) in [5.74, 6) is -0.732. The monoisotopic (exact) mass is 242 g/mol. The number of ketones is 3. The topological polar surface area (TPSA) is 51.2 Å². The van der Waals surface area contributed by atoms with Gasteiger partial charge in [0.05, 0.1) is 20.2 Å². The highest BCUT2D eigenvalue weighted by Gasteiger charge is 2.24. The zero-order valence-corrected chi connectivity index (χ0v) is 10.3. The molecule has 0 radical (unpaired) electrons. The van der Waals surface area contributed by atoms with E-state index in [9.17, 15) is 14.4 Å². The maximum Gasteiger partial charge on any atom is 0.170 e. The normalized spacial score (nSPS) is 10.1. The number of hydrogen-bond acceptors (Lipinski definition) is 5. The van der Waals surface area contributed by atoms with E-state index in [0.717, 1.165) is 11.3 Å². The summed E-state index contributed by atoms with van der Waals surface area (Å²) in [4.78, 5) is 34.3. The molecule has 0 amide bonds. The first-order chi connectivity index (χ1) is 6.86. The molecular weight excluding hydrogens is 232 g/mol. The van der Waals surface area contributed by atoms with Crippen LogP contribution in [0.5, 0.6) is 0 Å². The molecule has 1 aromatic heterocycles. The lowest BCUT2D eigenvalue weighted by molar-refractivity contribution is 0.0970. The van der Waals surface area contributed by atoms with E-state index in [1.165, 1.54) is 20.8 Å². The zero-order chi connectivity index (χ0) is 11.7. The van der Waals surface area contributed by atoms with Crippen molar-refractivity contribution < 1.29 is 14.4 Å². The van der Waals surface area contributed by atoms with Crippen molar-refractivity contribution in [3.8, 4) is 0 Å². The maximum absolute atomic E-state index is 11.4. The highest BCUT2D eigenvalue weighted by molar-refractivity contribution is 7.83. The standard InChI is InChI=1S/C10H10O3S2/c1-4(11)7-8(5(2)12)10(14)15-9(7)6(3)13/h14H,1-3H3. The van der Waals surface area contributed by atoms with Crippen LogP contribution in [0.2, 0.25) is 0 Å². The fourth-order valence-corrected chi connectivity index (χ4v) is 2.91. The molecule has 80 valence electrons. The van der Waals surface area contributed by atoms with Gasteiger partial charge in [0.2, 0.25) is 0 Å². The number of thiophene rings is 1. The van der Waals surface area contributed by atoms with E-state index in [0.29, 0.717) is 9.09 Å². The van der Waals surface area contributed by atoms with E-state index >= 15 is 0 Å². The van der Waals surface area contributed by atoms with Gasteiger partial charge in [-0.15, -0.1) is 24.0 Å². The Morgan fingerprint density at radius 1 is 0.933 bits per heavy atom. The third-order valence-electron chi connectivity index (χ3n) is 1.91. The van der Waals surface area contributed by atoms with Crippen molar-refractivity contribution in [3.05, 3.63) is 16.0 Å². The Morgan fingerprint density at radius 3 is 1.73 bits per heavy atom. The Labute approximate surface area is 96.9 Å². The second-order valence-electron chi connectivity index (χ2n) is 3.15. The van der Waals surface area contributed by atoms with Crippen molar-refractivity contribution in [3.63, 3.8) is 0 Å². The number of carbonyl (C=O) groups excluding carboxylic acids is 3. The van der Waals surface area contributed by atoms with Gasteiger partial charge in [-0.3, -0.25) is 14.4 Å². The minimum atomic E-state index is -0.276. The molecule has 0 saturated carbocycles. The molecule has 0 aliphatic heterocycles. The predicted octanol–water partition coefficient (Wildman–Crippen LogP) is 2.64. The van der Waals surface area contributed by atoms with Gasteiger partial charge >= 0.3 is 0 Å². The third kappa shape index (κ3) is 2.18. The molecule has 0 aliphatic rings. The fraction of sp³-hybridized carbons (Fsp3) is 0.300. The van der Waals surface area contributed by atoms with Crippen LogP contribution in [0, 0.1) is 0 Å². The van der Waals surface area contributed by atoms with Gasteiger partial charge in [-0.2, -0.15) is 0 Å².